The molecule has 0 saturated carbocycles. The Labute approximate surface area is 145 Å². The molecule has 6 heteroatoms. The second kappa shape index (κ2) is 8.34. The van der Waals surface area contributed by atoms with Gasteiger partial charge in [-0.05, 0) is 36.5 Å². The Bertz CT molecular complexity index is 565. The van der Waals surface area contributed by atoms with Crippen LogP contribution in [0.5, 0.6) is 0 Å². The van der Waals surface area contributed by atoms with Gasteiger partial charge >= 0.3 is 12.0 Å². The zero-order valence-corrected chi connectivity index (χ0v) is 14.9. The molecule has 0 aromatic heterocycles. The highest BCUT2D eigenvalue weighted by Crippen LogP contribution is 2.18. The number of urea groups is 1. The Morgan fingerprint density at radius 1 is 1.48 bits per heavy atom. The number of nitrogens with zero attached hydrogens (tertiary/aromatic N) is 1. The number of hydrogen-bond acceptors (Lipinski definition) is 2. The van der Waals surface area contributed by atoms with E-state index in [0.29, 0.717) is 32.0 Å². The summed E-state index contributed by atoms with van der Waals surface area (Å²) in [5.41, 5.74) is 1.24. The van der Waals surface area contributed by atoms with Gasteiger partial charge in [-0.2, -0.15) is 0 Å². The number of carboxylic acids is 1. The van der Waals surface area contributed by atoms with Crippen molar-refractivity contribution in [3.63, 3.8) is 0 Å². The molecule has 1 aliphatic rings. The molecule has 1 saturated heterocycles. The lowest BCUT2D eigenvalue weighted by molar-refractivity contribution is -0.141. The molecule has 1 aromatic carbocycles. The highest BCUT2D eigenvalue weighted by Gasteiger charge is 2.30. The topological polar surface area (TPSA) is 69.6 Å². The van der Waals surface area contributed by atoms with Crippen LogP contribution in [0.25, 0.3) is 0 Å². The summed E-state index contributed by atoms with van der Waals surface area (Å²) in [6, 6.07) is 8.05. The van der Waals surface area contributed by atoms with Crippen LogP contribution >= 0.6 is 15.9 Å². The lowest BCUT2D eigenvalue weighted by atomic mass is 9.97. The number of halogens is 1. The SMILES string of the molecule is CCC(CNC(=O)N1CCC(C(=O)O)C1)Cc1cccc(Br)c1. The first-order valence-corrected chi connectivity index (χ1v) is 8.79. The third-order valence-corrected chi connectivity index (χ3v) is 4.85. The predicted octanol–water partition coefficient (Wildman–Crippen LogP) is 3.13. The zero-order chi connectivity index (χ0) is 16.8. The lowest BCUT2D eigenvalue weighted by Crippen LogP contribution is -2.41. The summed E-state index contributed by atoms with van der Waals surface area (Å²) in [7, 11) is 0. The average molecular weight is 383 g/mol. The smallest absolute Gasteiger partial charge is 0.317 e. The van der Waals surface area contributed by atoms with Gasteiger partial charge in [-0.1, -0.05) is 41.4 Å². The van der Waals surface area contributed by atoms with E-state index >= 15 is 0 Å². The van der Waals surface area contributed by atoms with Crippen molar-refractivity contribution < 1.29 is 14.7 Å². The van der Waals surface area contributed by atoms with Crippen molar-refractivity contribution in [3.8, 4) is 0 Å². The third-order valence-electron chi connectivity index (χ3n) is 4.36. The van der Waals surface area contributed by atoms with Crippen molar-refractivity contribution in [2.45, 2.75) is 26.2 Å². The number of likely N-dealkylation sites (tertiary alicyclic amines) is 1. The van der Waals surface area contributed by atoms with Gasteiger partial charge in [0.15, 0.2) is 0 Å². The molecule has 1 fully saturated rings. The van der Waals surface area contributed by atoms with Crippen LogP contribution in [0.4, 0.5) is 4.79 Å². The first-order chi connectivity index (χ1) is 11.0. The molecule has 0 aliphatic carbocycles. The molecule has 2 N–H and O–H groups in total. The Morgan fingerprint density at radius 2 is 2.26 bits per heavy atom. The largest absolute Gasteiger partial charge is 0.481 e. The van der Waals surface area contributed by atoms with Gasteiger partial charge in [0, 0.05) is 24.1 Å². The first kappa shape index (κ1) is 17.8. The zero-order valence-electron chi connectivity index (χ0n) is 13.3. The van der Waals surface area contributed by atoms with E-state index in [0.717, 1.165) is 17.3 Å². The monoisotopic (exact) mass is 382 g/mol. The summed E-state index contributed by atoms with van der Waals surface area (Å²) in [6.45, 7) is 3.55. The molecule has 2 amide bonds. The van der Waals surface area contributed by atoms with Crippen molar-refractivity contribution in [1.82, 2.24) is 10.2 Å². The molecule has 2 atom stereocenters. The Balaban J connectivity index is 1.81. The average Bonchev–Trinajstić information content (AvgIpc) is 3.01. The summed E-state index contributed by atoms with van der Waals surface area (Å²) >= 11 is 3.47. The van der Waals surface area contributed by atoms with E-state index in [1.807, 2.05) is 12.1 Å². The van der Waals surface area contributed by atoms with Gasteiger partial charge in [0.05, 0.1) is 5.92 Å². The number of nitrogens with one attached hydrogen (secondary N) is 1. The molecule has 1 aromatic rings. The maximum absolute atomic E-state index is 12.2. The molecule has 2 unspecified atom stereocenters. The maximum atomic E-state index is 12.2. The number of carboxylic acid groups (broad SMARTS) is 1. The number of hydrogen-bond donors (Lipinski definition) is 2. The van der Waals surface area contributed by atoms with E-state index in [2.05, 4.69) is 40.3 Å². The number of aliphatic carboxylic acids is 1. The van der Waals surface area contributed by atoms with Crippen LogP contribution in [0.2, 0.25) is 0 Å². The number of carbonyl (C=O) groups is 2. The minimum Gasteiger partial charge on any atom is -0.481 e. The van der Waals surface area contributed by atoms with Crippen LogP contribution in [-0.4, -0.2) is 41.6 Å². The molecular formula is C17H23BrN2O3. The fraction of sp³-hybridized carbons (Fsp3) is 0.529. The van der Waals surface area contributed by atoms with Crippen molar-refractivity contribution in [2.75, 3.05) is 19.6 Å². The highest BCUT2D eigenvalue weighted by molar-refractivity contribution is 9.10. The number of benzene rings is 1. The molecule has 126 valence electrons. The van der Waals surface area contributed by atoms with Gasteiger partial charge in [0.25, 0.3) is 0 Å². The van der Waals surface area contributed by atoms with Crippen molar-refractivity contribution >= 4 is 27.9 Å². The fourth-order valence-electron chi connectivity index (χ4n) is 2.85. The molecule has 0 spiro atoms. The lowest BCUT2D eigenvalue weighted by Gasteiger charge is -2.20. The second-order valence-electron chi connectivity index (χ2n) is 6.06. The summed E-state index contributed by atoms with van der Waals surface area (Å²) in [5, 5.41) is 11.9. The molecule has 2 rings (SSSR count). The highest BCUT2D eigenvalue weighted by atomic mass is 79.9. The van der Waals surface area contributed by atoms with Crippen LogP contribution in [0.15, 0.2) is 28.7 Å². The third kappa shape index (κ3) is 5.23. The number of rotatable bonds is 6. The van der Waals surface area contributed by atoms with Gasteiger partial charge in [0.1, 0.15) is 0 Å². The van der Waals surface area contributed by atoms with Gasteiger partial charge in [0.2, 0.25) is 0 Å². The Kier molecular flexibility index (Phi) is 6.45. The number of carbonyl (C=O) groups excluding carboxylic acids is 1. The van der Waals surface area contributed by atoms with Crippen LogP contribution in [0.1, 0.15) is 25.3 Å². The Hall–Kier alpha value is -1.56. The standard InChI is InChI=1S/C17H23BrN2O3/c1-2-12(8-13-4-3-5-15(18)9-13)10-19-17(23)20-7-6-14(11-20)16(21)22/h3-5,9,12,14H,2,6-8,10-11H2,1H3,(H,19,23)(H,21,22). The molecule has 5 nitrogen and oxygen atoms in total. The van der Waals surface area contributed by atoms with E-state index in [1.54, 1.807) is 4.90 Å². The first-order valence-electron chi connectivity index (χ1n) is 7.99. The van der Waals surface area contributed by atoms with Crippen LogP contribution in [-0.2, 0) is 11.2 Å². The van der Waals surface area contributed by atoms with E-state index < -0.39 is 11.9 Å². The summed E-state index contributed by atoms with van der Waals surface area (Å²) in [6.07, 6.45) is 2.43. The van der Waals surface area contributed by atoms with Gasteiger partial charge in [-0.15, -0.1) is 0 Å². The van der Waals surface area contributed by atoms with E-state index in [4.69, 9.17) is 5.11 Å². The van der Waals surface area contributed by atoms with E-state index in [9.17, 15) is 9.59 Å². The summed E-state index contributed by atoms with van der Waals surface area (Å²) < 4.78 is 1.06. The quantitative estimate of drug-likeness (QED) is 0.793. The molecule has 23 heavy (non-hydrogen) atoms. The van der Waals surface area contributed by atoms with Gasteiger partial charge in [-0.3, -0.25) is 4.79 Å². The van der Waals surface area contributed by atoms with Crippen LogP contribution in [0.3, 0.4) is 0 Å². The van der Waals surface area contributed by atoms with Crippen LogP contribution in [0, 0.1) is 11.8 Å². The van der Waals surface area contributed by atoms with Gasteiger partial charge < -0.3 is 15.3 Å². The fourth-order valence-corrected chi connectivity index (χ4v) is 3.29. The van der Waals surface area contributed by atoms with Crippen molar-refractivity contribution in [1.29, 1.82) is 0 Å². The molecule has 1 aliphatic heterocycles. The molecule has 0 radical (unpaired) electrons. The minimum absolute atomic E-state index is 0.151. The van der Waals surface area contributed by atoms with E-state index in [1.165, 1.54) is 5.56 Å². The van der Waals surface area contributed by atoms with Crippen LogP contribution < -0.4 is 5.32 Å². The maximum Gasteiger partial charge on any atom is 0.317 e. The normalized spacial score (nSPS) is 18.7. The van der Waals surface area contributed by atoms with Gasteiger partial charge in [-0.25, -0.2) is 4.79 Å². The molecular weight excluding hydrogens is 360 g/mol. The van der Waals surface area contributed by atoms with Crippen molar-refractivity contribution in [2.24, 2.45) is 11.8 Å². The molecule has 1 heterocycles. The van der Waals surface area contributed by atoms with Crippen molar-refractivity contribution in [3.05, 3.63) is 34.3 Å². The Morgan fingerprint density at radius 3 is 2.87 bits per heavy atom. The van der Waals surface area contributed by atoms with E-state index in [-0.39, 0.29) is 6.03 Å². The predicted molar refractivity (Wildman–Crippen MR) is 92.3 cm³/mol. The summed E-state index contributed by atoms with van der Waals surface area (Å²) in [4.78, 5) is 24.7. The second-order valence-corrected chi connectivity index (χ2v) is 6.98. The molecule has 0 bridgehead atoms. The number of amides is 2. The summed E-state index contributed by atoms with van der Waals surface area (Å²) in [5.74, 6) is -0.878. The minimum atomic E-state index is -0.818.